The molecule has 4 heteroatoms. The number of hydrogen-bond acceptors (Lipinski definition) is 4. The van der Waals surface area contributed by atoms with Crippen LogP contribution in [0.1, 0.15) is 6.92 Å². The van der Waals surface area contributed by atoms with Gasteiger partial charge in [-0.05, 0) is 6.92 Å². The Morgan fingerprint density at radius 2 is 2.33 bits per heavy atom. The second kappa shape index (κ2) is 1.76. The van der Waals surface area contributed by atoms with Crippen molar-refractivity contribution in [1.82, 2.24) is 0 Å². The number of rotatable bonds is 2. The summed E-state index contributed by atoms with van der Waals surface area (Å²) in [6.45, 7) is 1.58. The van der Waals surface area contributed by atoms with E-state index < -0.39 is 18.0 Å². The van der Waals surface area contributed by atoms with Crippen LogP contribution in [0.3, 0.4) is 0 Å². The fourth-order valence-electron chi connectivity index (χ4n) is 0.657. The molecule has 0 amide bonds. The summed E-state index contributed by atoms with van der Waals surface area (Å²) in [5.41, 5.74) is 0. The molecule has 1 saturated heterocycles. The van der Waals surface area contributed by atoms with Crippen LogP contribution in [0.2, 0.25) is 0 Å². The molecule has 3 atom stereocenters. The highest BCUT2D eigenvalue weighted by atomic mass is 16.7. The van der Waals surface area contributed by atoms with Gasteiger partial charge in [-0.15, -0.1) is 0 Å². The Morgan fingerprint density at radius 3 is 2.44 bits per heavy atom. The van der Waals surface area contributed by atoms with Gasteiger partial charge in [0.2, 0.25) is 5.79 Å². The predicted octanol–water partition coefficient (Wildman–Crippen LogP) is -1.35. The smallest absolute Gasteiger partial charge is 0.226 e. The minimum atomic E-state index is -1.60. The number of aliphatic hydroxyl groups is 2. The van der Waals surface area contributed by atoms with Crippen molar-refractivity contribution >= 4 is 6.29 Å². The van der Waals surface area contributed by atoms with Crippen molar-refractivity contribution in [2.75, 3.05) is 0 Å². The van der Waals surface area contributed by atoms with Crippen molar-refractivity contribution in [3.63, 3.8) is 0 Å². The molecule has 0 saturated carbocycles. The molecule has 1 fully saturated rings. The van der Waals surface area contributed by atoms with E-state index in [9.17, 15) is 4.79 Å². The molecule has 1 aliphatic rings. The zero-order chi connectivity index (χ0) is 7.07. The normalized spacial score (nSPS) is 44.1. The van der Waals surface area contributed by atoms with Crippen LogP contribution in [0, 0.1) is 0 Å². The van der Waals surface area contributed by atoms with Crippen LogP contribution < -0.4 is 0 Å². The van der Waals surface area contributed by atoms with Crippen molar-refractivity contribution in [3.8, 4) is 0 Å². The van der Waals surface area contributed by atoms with Gasteiger partial charge < -0.3 is 19.7 Å². The second-order valence-corrected chi connectivity index (χ2v) is 2.09. The van der Waals surface area contributed by atoms with Gasteiger partial charge in [-0.2, -0.15) is 0 Å². The Morgan fingerprint density at radius 1 is 1.89 bits per heavy atom. The van der Waals surface area contributed by atoms with Gasteiger partial charge in [-0.1, -0.05) is 0 Å². The SMILES string of the molecule is C[C@@H]1O[C@]1(O)[C@@H](O)C=O. The summed E-state index contributed by atoms with van der Waals surface area (Å²) < 4.78 is 4.53. The molecule has 4 nitrogen and oxygen atoms in total. The molecular formula is C5H8O4. The molecule has 0 spiro atoms. The third kappa shape index (κ3) is 0.849. The minimum Gasteiger partial charge on any atom is -0.380 e. The Hall–Kier alpha value is -0.450. The first kappa shape index (κ1) is 6.67. The van der Waals surface area contributed by atoms with Crippen LogP contribution in [0.25, 0.3) is 0 Å². The van der Waals surface area contributed by atoms with E-state index in [2.05, 4.69) is 4.74 Å². The van der Waals surface area contributed by atoms with Gasteiger partial charge in [0.25, 0.3) is 0 Å². The van der Waals surface area contributed by atoms with E-state index in [-0.39, 0.29) is 6.29 Å². The Kier molecular flexibility index (Phi) is 1.31. The van der Waals surface area contributed by atoms with Crippen molar-refractivity contribution in [2.24, 2.45) is 0 Å². The third-order valence-electron chi connectivity index (χ3n) is 1.44. The van der Waals surface area contributed by atoms with Gasteiger partial charge in [-0.3, -0.25) is 0 Å². The minimum absolute atomic E-state index is 0.253. The molecule has 0 aromatic heterocycles. The first-order valence-electron chi connectivity index (χ1n) is 2.65. The summed E-state index contributed by atoms with van der Waals surface area (Å²) in [7, 11) is 0. The number of carbonyl (C=O) groups excluding carboxylic acids is 1. The lowest BCUT2D eigenvalue weighted by atomic mass is 10.2. The Labute approximate surface area is 52.1 Å². The Balaban J connectivity index is 2.52. The summed E-state index contributed by atoms with van der Waals surface area (Å²) in [6.07, 6.45) is -1.59. The molecule has 0 aromatic rings. The molecule has 2 N–H and O–H groups in total. The van der Waals surface area contributed by atoms with E-state index >= 15 is 0 Å². The molecule has 1 heterocycles. The van der Waals surface area contributed by atoms with Gasteiger partial charge in [-0.25, -0.2) is 0 Å². The molecule has 9 heavy (non-hydrogen) atoms. The fraction of sp³-hybridized carbons (Fsp3) is 0.800. The van der Waals surface area contributed by atoms with Gasteiger partial charge in [0.1, 0.15) is 6.10 Å². The number of aliphatic hydroxyl groups excluding tert-OH is 1. The van der Waals surface area contributed by atoms with Crippen LogP contribution in [0.4, 0.5) is 0 Å². The molecule has 0 bridgehead atoms. The van der Waals surface area contributed by atoms with E-state index in [1.54, 1.807) is 6.92 Å². The fourth-order valence-corrected chi connectivity index (χ4v) is 0.657. The number of hydrogen-bond donors (Lipinski definition) is 2. The molecule has 0 unspecified atom stereocenters. The van der Waals surface area contributed by atoms with Crippen LogP contribution in [0.15, 0.2) is 0 Å². The maximum atomic E-state index is 9.85. The Bertz CT molecular complexity index is 135. The summed E-state index contributed by atoms with van der Waals surface area (Å²) >= 11 is 0. The molecule has 1 aliphatic heterocycles. The predicted molar refractivity (Wildman–Crippen MR) is 27.6 cm³/mol. The zero-order valence-corrected chi connectivity index (χ0v) is 4.94. The summed E-state index contributed by atoms with van der Waals surface area (Å²) in [5.74, 6) is -1.60. The lowest BCUT2D eigenvalue weighted by molar-refractivity contribution is -0.129. The average molecular weight is 132 g/mol. The van der Waals surface area contributed by atoms with Gasteiger partial charge in [0.05, 0.1) is 0 Å². The van der Waals surface area contributed by atoms with Crippen molar-refractivity contribution < 1.29 is 19.7 Å². The molecule has 0 aliphatic carbocycles. The molecular weight excluding hydrogens is 124 g/mol. The maximum absolute atomic E-state index is 9.85. The first-order valence-corrected chi connectivity index (χ1v) is 2.65. The molecule has 0 aromatic carbocycles. The van der Waals surface area contributed by atoms with Crippen molar-refractivity contribution in [2.45, 2.75) is 24.9 Å². The summed E-state index contributed by atoms with van der Waals surface area (Å²) in [4.78, 5) is 9.85. The van der Waals surface area contributed by atoms with Gasteiger partial charge in [0.15, 0.2) is 12.4 Å². The molecule has 52 valence electrons. The molecule has 1 rings (SSSR count). The van der Waals surface area contributed by atoms with E-state index in [0.717, 1.165) is 0 Å². The number of epoxide rings is 1. The zero-order valence-electron chi connectivity index (χ0n) is 4.94. The summed E-state index contributed by atoms with van der Waals surface area (Å²) in [5, 5.41) is 17.6. The highest BCUT2D eigenvalue weighted by Crippen LogP contribution is 2.35. The maximum Gasteiger partial charge on any atom is 0.226 e. The number of ether oxygens (including phenoxy) is 1. The lowest BCUT2D eigenvalue weighted by Crippen LogP contribution is -2.32. The van der Waals surface area contributed by atoms with Gasteiger partial charge >= 0.3 is 0 Å². The third-order valence-corrected chi connectivity index (χ3v) is 1.44. The van der Waals surface area contributed by atoms with E-state index in [1.165, 1.54) is 0 Å². The average Bonchev–Trinajstić information content (AvgIpc) is 2.41. The number of carbonyl (C=O) groups is 1. The lowest BCUT2D eigenvalue weighted by Gasteiger charge is -2.04. The van der Waals surface area contributed by atoms with Crippen LogP contribution in [-0.2, 0) is 9.53 Å². The summed E-state index contributed by atoms with van der Waals surface area (Å²) in [6, 6.07) is 0. The quantitative estimate of drug-likeness (QED) is 0.360. The van der Waals surface area contributed by atoms with Crippen molar-refractivity contribution in [3.05, 3.63) is 0 Å². The largest absolute Gasteiger partial charge is 0.380 e. The number of aldehydes is 1. The molecule has 0 radical (unpaired) electrons. The van der Waals surface area contributed by atoms with Crippen LogP contribution in [-0.4, -0.2) is 34.5 Å². The monoisotopic (exact) mass is 132 g/mol. The van der Waals surface area contributed by atoms with Crippen LogP contribution >= 0.6 is 0 Å². The van der Waals surface area contributed by atoms with E-state index in [1.807, 2.05) is 0 Å². The standard InChI is InChI=1S/C5H8O4/c1-3-5(8,9-3)4(7)2-6/h2-4,7-8H,1H3/t3-,4-,5-/m0/s1. The first-order chi connectivity index (χ1) is 4.11. The van der Waals surface area contributed by atoms with Crippen molar-refractivity contribution in [1.29, 1.82) is 0 Å². The second-order valence-electron chi connectivity index (χ2n) is 2.09. The highest BCUT2D eigenvalue weighted by molar-refractivity contribution is 5.58. The van der Waals surface area contributed by atoms with E-state index in [0.29, 0.717) is 0 Å². The topological polar surface area (TPSA) is 70.1 Å². The van der Waals surface area contributed by atoms with E-state index in [4.69, 9.17) is 10.2 Å². The highest BCUT2D eigenvalue weighted by Gasteiger charge is 2.57. The van der Waals surface area contributed by atoms with Crippen LogP contribution in [0.5, 0.6) is 0 Å². The van der Waals surface area contributed by atoms with Gasteiger partial charge in [0, 0.05) is 0 Å².